The number of H-pyrrole nitrogens is 1. The number of thioether (sulfide) groups is 1. The molecule has 42 heavy (non-hydrogen) atoms. The molecule has 0 atom stereocenters. The van der Waals surface area contributed by atoms with Gasteiger partial charge >= 0.3 is 6.09 Å². The highest BCUT2D eigenvalue weighted by Crippen LogP contribution is 2.27. The maximum Gasteiger partial charge on any atom is 0.415 e. The Balaban J connectivity index is 0.00000198. The number of carbonyl (C=O) groups is 1. The molecule has 0 aliphatic carbocycles. The minimum Gasteiger partial charge on any atom is -0.493 e. The molecule has 2 fully saturated rings. The summed E-state index contributed by atoms with van der Waals surface area (Å²) in [6.07, 6.45) is 2.71. The molecule has 2 aliphatic rings. The van der Waals surface area contributed by atoms with Crippen molar-refractivity contribution in [2.45, 2.75) is 50.5 Å². The third-order valence-corrected chi connectivity index (χ3v) is 8.40. The first-order valence-corrected chi connectivity index (χ1v) is 15.2. The number of non-ortho nitro benzene ring substituents is 1. The van der Waals surface area contributed by atoms with Crippen LogP contribution in [0.4, 0.5) is 14.9 Å². The number of hydrogen-bond donors (Lipinski definition) is 1. The van der Waals surface area contributed by atoms with E-state index in [0.717, 1.165) is 26.1 Å². The van der Waals surface area contributed by atoms with Gasteiger partial charge in [0.05, 0.1) is 22.8 Å². The largest absolute Gasteiger partial charge is 0.493 e. The van der Waals surface area contributed by atoms with Crippen LogP contribution >= 0.6 is 11.8 Å². The molecule has 2 aromatic carbocycles. The van der Waals surface area contributed by atoms with Gasteiger partial charge in [-0.25, -0.2) is 14.2 Å². The minimum absolute atomic E-state index is 0.0838. The number of likely N-dealkylation sites (tertiary alicyclic amines) is 1. The molecule has 2 saturated heterocycles. The summed E-state index contributed by atoms with van der Waals surface area (Å²) in [7, 11) is 0. The maximum atomic E-state index is 14.8. The van der Waals surface area contributed by atoms with Gasteiger partial charge < -0.3 is 24.1 Å². The standard InChI is InChI=1S/C27H29FN4O7S.C2H6/c28-22-13-20(14-23-25(22)26(33)30-24(29-23)16-40-21-7-11-37-12-8-21)38-15-17-5-9-31(10-6-17)27(34)39-19-3-1-18(2-4-19)32(35)36;1-2/h1-4,13-14,17,21H,5-12,15-16H2,(H,29,30,33);1-2H3. The summed E-state index contributed by atoms with van der Waals surface area (Å²) in [5, 5.41) is 11.1. The normalized spacial score (nSPS) is 16.0. The third-order valence-electron chi connectivity index (χ3n) is 7.02. The minimum atomic E-state index is -0.686. The van der Waals surface area contributed by atoms with Crippen molar-refractivity contribution < 1.29 is 28.3 Å². The first-order valence-electron chi connectivity index (χ1n) is 14.1. The number of piperidine rings is 1. The van der Waals surface area contributed by atoms with Gasteiger partial charge in [-0.1, -0.05) is 13.8 Å². The van der Waals surface area contributed by atoms with E-state index >= 15 is 0 Å². The Labute approximate surface area is 246 Å². The van der Waals surface area contributed by atoms with Crippen LogP contribution in [0, 0.1) is 21.8 Å². The molecule has 11 nitrogen and oxygen atoms in total. The van der Waals surface area contributed by atoms with Crippen LogP contribution in [0.25, 0.3) is 10.9 Å². The molecule has 226 valence electrons. The molecular formula is C29H35FN4O7S. The fourth-order valence-corrected chi connectivity index (χ4v) is 5.79. The fraction of sp³-hybridized carbons (Fsp3) is 0.483. The van der Waals surface area contributed by atoms with Crippen molar-refractivity contribution in [1.82, 2.24) is 14.9 Å². The Hall–Kier alpha value is -3.71. The smallest absolute Gasteiger partial charge is 0.415 e. The number of aromatic nitrogens is 2. The lowest BCUT2D eigenvalue weighted by Crippen LogP contribution is -2.41. The predicted octanol–water partition coefficient (Wildman–Crippen LogP) is 5.70. The zero-order valence-corrected chi connectivity index (χ0v) is 24.5. The molecular weight excluding hydrogens is 567 g/mol. The number of amides is 1. The lowest BCUT2D eigenvalue weighted by Gasteiger charge is -2.31. The summed E-state index contributed by atoms with van der Waals surface area (Å²) in [4.78, 5) is 44.1. The molecule has 0 bridgehead atoms. The Morgan fingerprint density at radius 1 is 1.14 bits per heavy atom. The van der Waals surface area contributed by atoms with Crippen molar-refractivity contribution in [2.24, 2.45) is 5.92 Å². The van der Waals surface area contributed by atoms with Gasteiger partial charge in [0.1, 0.15) is 28.5 Å². The van der Waals surface area contributed by atoms with Crippen LogP contribution in [0.3, 0.4) is 0 Å². The summed E-state index contributed by atoms with van der Waals surface area (Å²) in [6.45, 7) is 6.70. The molecule has 1 N–H and O–H groups in total. The highest BCUT2D eigenvalue weighted by atomic mass is 32.2. The molecule has 13 heteroatoms. The summed E-state index contributed by atoms with van der Waals surface area (Å²) < 4.78 is 31.4. The number of halogens is 1. The van der Waals surface area contributed by atoms with E-state index < -0.39 is 22.4 Å². The summed E-state index contributed by atoms with van der Waals surface area (Å²) in [5.74, 6) is 1.00. The van der Waals surface area contributed by atoms with Gasteiger partial charge in [0.2, 0.25) is 0 Å². The van der Waals surface area contributed by atoms with E-state index in [4.69, 9.17) is 14.2 Å². The van der Waals surface area contributed by atoms with Crippen LogP contribution in [-0.4, -0.2) is 64.0 Å². The van der Waals surface area contributed by atoms with E-state index in [0.29, 0.717) is 55.1 Å². The number of nitrogens with one attached hydrogen (secondary N) is 1. The Kier molecular flexibility index (Phi) is 11.1. The Morgan fingerprint density at radius 3 is 2.50 bits per heavy atom. The van der Waals surface area contributed by atoms with E-state index in [1.807, 2.05) is 13.8 Å². The summed E-state index contributed by atoms with van der Waals surface area (Å²) in [5.41, 5.74) is -0.339. The van der Waals surface area contributed by atoms with Crippen LogP contribution in [0.1, 0.15) is 45.4 Å². The van der Waals surface area contributed by atoms with E-state index in [2.05, 4.69) is 9.97 Å². The van der Waals surface area contributed by atoms with Crippen LogP contribution in [-0.2, 0) is 10.5 Å². The van der Waals surface area contributed by atoms with Gasteiger partial charge in [0, 0.05) is 55.8 Å². The van der Waals surface area contributed by atoms with Crippen molar-refractivity contribution in [3.8, 4) is 11.5 Å². The number of carbonyl (C=O) groups excluding carboxylic acids is 1. The zero-order chi connectivity index (χ0) is 30.1. The van der Waals surface area contributed by atoms with Crippen molar-refractivity contribution in [3.05, 3.63) is 68.5 Å². The van der Waals surface area contributed by atoms with E-state index in [9.17, 15) is 24.1 Å². The van der Waals surface area contributed by atoms with Gasteiger partial charge in [0.15, 0.2) is 0 Å². The number of hydrogen-bond acceptors (Lipinski definition) is 9. The first kappa shape index (κ1) is 31.2. The molecule has 1 aromatic heterocycles. The second-order valence-electron chi connectivity index (χ2n) is 9.79. The second-order valence-corrected chi connectivity index (χ2v) is 11.1. The molecule has 0 saturated carbocycles. The first-order chi connectivity index (χ1) is 20.4. The van der Waals surface area contributed by atoms with Crippen molar-refractivity contribution >= 4 is 34.4 Å². The molecule has 5 rings (SSSR count). The van der Waals surface area contributed by atoms with Gasteiger partial charge in [-0.05, 0) is 43.7 Å². The SMILES string of the molecule is CC.O=C(Oc1ccc([N+](=O)[O-])cc1)N1CCC(COc2cc(F)c3c(=O)[nH]c(CSC4CCOCC4)nc3c2)CC1. The summed E-state index contributed by atoms with van der Waals surface area (Å²) >= 11 is 1.71. The van der Waals surface area contributed by atoms with Crippen molar-refractivity contribution in [3.63, 3.8) is 0 Å². The Bertz CT molecular complexity index is 1420. The maximum absolute atomic E-state index is 14.8. The molecule has 0 spiro atoms. The zero-order valence-electron chi connectivity index (χ0n) is 23.7. The molecule has 2 aliphatic heterocycles. The number of nitrogens with zero attached hydrogens (tertiary/aromatic N) is 3. The third kappa shape index (κ3) is 8.19. The van der Waals surface area contributed by atoms with Gasteiger partial charge in [-0.15, -0.1) is 0 Å². The molecule has 1 amide bonds. The number of rotatable bonds is 8. The topological polar surface area (TPSA) is 137 Å². The molecule has 3 heterocycles. The van der Waals surface area contributed by atoms with Gasteiger partial charge in [0.25, 0.3) is 11.2 Å². The number of nitro groups is 1. The van der Waals surface area contributed by atoms with Crippen LogP contribution in [0.2, 0.25) is 0 Å². The van der Waals surface area contributed by atoms with Crippen LogP contribution in [0.15, 0.2) is 41.2 Å². The van der Waals surface area contributed by atoms with E-state index in [1.54, 1.807) is 22.7 Å². The molecule has 0 radical (unpaired) electrons. The highest BCUT2D eigenvalue weighted by Gasteiger charge is 2.25. The predicted molar refractivity (Wildman–Crippen MR) is 158 cm³/mol. The quantitative estimate of drug-likeness (QED) is 0.254. The lowest BCUT2D eigenvalue weighted by molar-refractivity contribution is -0.384. The average Bonchev–Trinajstić information content (AvgIpc) is 3.00. The second kappa shape index (κ2) is 15.0. The van der Waals surface area contributed by atoms with Crippen LogP contribution < -0.4 is 15.0 Å². The van der Waals surface area contributed by atoms with Gasteiger partial charge in [-0.2, -0.15) is 11.8 Å². The monoisotopic (exact) mass is 602 g/mol. The summed E-state index contributed by atoms with van der Waals surface area (Å²) in [6, 6.07) is 8.12. The average molecular weight is 603 g/mol. The number of fused-ring (bicyclic) bond motifs is 1. The number of benzene rings is 2. The van der Waals surface area contributed by atoms with Crippen LogP contribution in [0.5, 0.6) is 11.5 Å². The van der Waals surface area contributed by atoms with Crippen molar-refractivity contribution in [2.75, 3.05) is 32.9 Å². The number of ether oxygens (including phenoxy) is 3. The molecule has 0 unspecified atom stereocenters. The highest BCUT2D eigenvalue weighted by molar-refractivity contribution is 7.99. The van der Waals surface area contributed by atoms with Crippen molar-refractivity contribution in [1.29, 1.82) is 0 Å². The number of nitro benzene ring substituents is 1. The lowest BCUT2D eigenvalue weighted by atomic mass is 9.98. The van der Waals surface area contributed by atoms with E-state index in [1.165, 1.54) is 30.3 Å². The van der Waals surface area contributed by atoms with Gasteiger partial charge in [-0.3, -0.25) is 14.9 Å². The molecule has 3 aromatic rings. The fourth-order valence-electron chi connectivity index (χ4n) is 4.74. The van der Waals surface area contributed by atoms with E-state index in [-0.39, 0.29) is 28.3 Å². The number of aromatic amines is 1. The Morgan fingerprint density at radius 2 is 1.83 bits per heavy atom.